The van der Waals surface area contributed by atoms with Gasteiger partial charge >= 0.3 is 5.97 Å². The van der Waals surface area contributed by atoms with E-state index in [0.29, 0.717) is 22.8 Å². The molecular formula is C22H14FN7O5. The number of halogens is 1. The number of furan rings is 1. The van der Waals surface area contributed by atoms with Gasteiger partial charge in [0.2, 0.25) is 11.3 Å². The van der Waals surface area contributed by atoms with E-state index in [9.17, 15) is 19.4 Å². The van der Waals surface area contributed by atoms with E-state index in [0.717, 1.165) is 0 Å². The van der Waals surface area contributed by atoms with E-state index in [1.165, 1.54) is 48.7 Å². The molecule has 0 amide bonds. The SMILES string of the molecule is O=C(O)c1cc(-c2ccc(/C=N\Nc3nc4nonc4nc3Nc3ccc(F)cc3)o2)ccc1O. The number of benzene rings is 2. The fraction of sp³-hybridized carbons (Fsp3) is 0. The third kappa shape index (κ3) is 4.59. The third-order valence-electron chi connectivity index (χ3n) is 4.72. The number of carboxylic acid groups (broad SMARTS) is 1. The van der Waals surface area contributed by atoms with E-state index >= 15 is 0 Å². The number of aromatic hydroxyl groups is 1. The summed E-state index contributed by atoms with van der Waals surface area (Å²) in [5.41, 5.74) is 3.82. The second kappa shape index (κ2) is 8.90. The highest BCUT2D eigenvalue weighted by molar-refractivity contribution is 5.92. The van der Waals surface area contributed by atoms with Crippen molar-refractivity contribution in [3.05, 3.63) is 71.7 Å². The Morgan fingerprint density at radius 1 is 1.00 bits per heavy atom. The zero-order valence-electron chi connectivity index (χ0n) is 17.5. The molecule has 174 valence electrons. The second-order valence-corrected chi connectivity index (χ2v) is 7.07. The fourth-order valence-corrected chi connectivity index (χ4v) is 3.07. The summed E-state index contributed by atoms with van der Waals surface area (Å²) < 4.78 is 23.6. The van der Waals surface area contributed by atoms with E-state index < -0.39 is 5.97 Å². The first-order valence-electron chi connectivity index (χ1n) is 9.95. The van der Waals surface area contributed by atoms with Gasteiger partial charge in [-0.1, -0.05) is 0 Å². The van der Waals surface area contributed by atoms with E-state index in [1.54, 1.807) is 12.1 Å². The first-order valence-corrected chi connectivity index (χ1v) is 9.95. The van der Waals surface area contributed by atoms with Gasteiger partial charge in [-0.25, -0.2) is 18.8 Å². The quantitative estimate of drug-likeness (QED) is 0.198. The van der Waals surface area contributed by atoms with E-state index in [1.807, 2.05) is 0 Å². The van der Waals surface area contributed by atoms with Crippen LogP contribution in [-0.2, 0) is 0 Å². The molecule has 0 saturated carbocycles. The van der Waals surface area contributed by atoms with Crippen molar-refractivity contribution >= 4 is 40.8 Å². The van der Waals surface area contributed by atoms with Gasteiger partial charge in [-0.05, 0) is 64.9 Å². The first-order chi connectivity index (χ1) is 17.0. The number of hydrazone groups is 1. The lowest BCUT2D eigenvalue weighted by Gasteiger charge is -2.09. The molecule has 2 aromatic carbocycles. The molecule has 4 N–H and O–H groups in total. The molecule has 13 heteroatoms. The molecule has 0 aliphatic carbocycles. The van der Waals surface area contributed by atoms with Crippen LogP contribution < -0.4 is 10.7 Å². The largest absolute Gasteiger partial charge is 0.507 e. The summed E-state index contributed by atoms with van der Waals surface area (Å²) in [5.74, 6) is -0.834. The van der Waals surface area contributed by atoms with Gasteiger partial charge in [0.1, 0.15) is 28.7 Å². The lowest BCUT2D eigenvalue weighted by molar-refractivity contribution is 0.0693. The molecule has 0 unspecified atom stereocenters. The lowest BCUT2D eigenvalue weighted by Crippen LogP contribution is -2.03. The van der Waals surface area contributed by atoms with Gasteiger partial charge < -0.3 is 19.9 Å². The molecule has 3 heterocycles. The Morgan fingerprint density at radius 3 is 2.49 bits per heavy atom. The van der Waals surface area contributed by atoms with Crippen molar-refractivity contribution in [2.45, 2.75) is 0 Å². The lowest BCUT2D eigenvalue weighted by atomic mass is 10.1. The summed E-state index contributed by atoms with van der Waals surface area (Å²) in [5, 5.41) is 33.3. The Bertz CT molecular complexity index is 1560. The molecule has 0 fully saturated rings. The maximum absolute atomic E-state index is 13.2. The van der Waals surface area contributed by atoms with Crippen LogP contribution in [0.2, 0.25) is 0 Å². The van der Waals surface area contributed by atoms with Gasteiger partial charge in [0.25, 0.3) is 0 Å². The maximum atomic E-state index is 13.2. The van der Waals surface area contributed by atoms with Crippen molar-refractivity contribution in [3.8, 4) is 17.1 Å². The van der Waals surface area contributed by atoms with Crippen LogP contribution >= 0.6 is 0 Å². The number of aromatic carboxylic acids is 1. The van der Waals surface area contributed by atoms with Crippen LogP contribution in [0.15, 0.2) is 68.7 Å². The van der Waals surface area contributed by atoms with Crippen molar-refractivity contribution in [2.24, 2.45) is 5.10 Å². The molecular weight excluding hydrogens is 461 g/mol. The smallest absolute Gasteiger partial charge is 0.339 e. The highest BCUT2D eigenvalue weighted by Gasteiger charge is 2.14. The summed E-state index contributed by atoms with van der Waals surface area (Å²) in [7, 11) is 0. The number of phenols is 1. The molecule has 0 saturated heterocycles. The number of fused-ring (bicyclic) bond motifs is 1. The van der Waals surface area contributed by atoms with Gasteiger partial charge in [0.15, 0.2) is 11.6 Å². The molecule has 0 radical (unpaired) electrons. The second-order valence-electron chi connectivity index (χ2n) is 7.07. The van der Waals surface area contributed by atoms with Crippen LogP contribution in [0, 0.1) is 5.82 Å². The molecule has 0 bridgehead atoms. The summed E-state index contributed by atoms with van der Waals surface area (Å²) in [6.07, 6.45) is 1.37. The summed E-state index contributed by atoms with van der Waals surface area (Å²) >= 11 is 0. The average molecular weight is 475 g/mol. The van der Waals surface area contributed by atoms with Gasteiger partial charge in [-0.3, -0.25) is 5.43 Å². The maximum Gasteiger partial charge on any atom is 0.339 e. The van der Waals surface area contributed by atoms with E-state index in [-0.39, 0.29) is 40.1 Å². The van der Waals surface area contributed by atoms with E-state index in [4.69, 9.17) is 4.42 Å². The topological polar surface area (TPSA) is 172 Å². The van der Waals surface area contributed by atoms with Crippen LogP contribution in [-0.4, -0.2) is 42.7 Å². The number of anilines is 3. The zero-order chi connectivity index (χ0) is 24.4. The fourth-order valence-electron chi connectivity index (χ4n) is 3.07. The van der Waals surface area contributed by atoms with Gasteiger partial charge in [-0.2, -0.15) is 10.1 Å². The molecule has 0 spiro atoms. The monoisotopic (exact) mass is 475 g/mol. The number of nitrogens with one attached hydrogen (secondary N) is 2. The van der Waals surface area contributed by atoms with E-state index in [2.05, 4.69) is 40.8 Å². The van der Waals surface area contributed by atoms with Crippen LogP contribution in [0.25, 0.3) is 22.6 Å². The molecule has 0 aliphatic heterocycles. The number of hydrogen-bond donors (Lipinski definition) is 4. The summed E-state index contributed by atoms with van der Waals surface area (Å²) in [6.45, 7) is 0. The Labute approximate surface area is 194 Å². The highest BCUT2D eigenvalue weighted by atomic mass is 19.1. The Hall–Kier alpha value is -5.33. The van der Waals surface area contributed by atoms with Crippen LogP contribution in [0.5, 0.6) is 5.75 Å². The summed E-state index contributed by atoms with van der Waals surface area (Å²) in [4.78, 5) is 19.8. The molecule has 5 aromatic rings. The number of hydrogen-bond acceptors (Lipinski definition) is 11. The zero-order valence-corrected chi connectivity index (χ0v) is 17.5. The predicted octanol–water partition coefficient (Wildman–Crippen LogP) is 4.01. The number of nitrogens with zero attached hydrogens (tertiary/aromatic N) is 5. The van der Waals surface area contributed by atoms with Crippen molar-refractivity contribution in [1.82, 2.24) is 20.3 Å². The Balaban J connectivity index is 1.37. The number of carbonyl (C=O) groups is 1. The molecule has 3 aromatic heterocycles. The average Bonchev–Trinajstić information content (AvgIpc) is 3.50. The Kier molecular flexibility index (Phi) is 5.47. The number of carboxylic acids is 1. The van der Waals surface area contributed by atoms with Crippen molar-refractivity contribution in [3.63, 3.8) is 0 Å². The Morgan fingerprint density at radius 2 is 1.74 bits per heavy atom. The predicted molar refractivity (Wildman–Crippen MR) is 121 cm³/mol. The van der Waals surface area contributed by atoms with Gasteiger partial charge in [-0.15, -0.1) is 0 Å². The van der Waals surface area contributed by atoms with Crippen LogP contribution in [0.4, 0.5) is 21.7 Å². The standard InChI is InChI=1S/C22H14FN7O5/c23-12-2-4-13(5-3-12)25-18-19(27-21-20(26-18)29-35-30-21)28-24-10-14-6-8-17(34-14)11-1-7-16(31)15(9-11)22(32)33/h1-10,31H,(H,32,33)(H,25,26,29)(H,27,28,30)/b24-10-. The minimum absolute atomic E-state index is 0.147. The van der Waals surface area contributed by atoms with Crippen LogP contribution in [0.3, 0.4) is 0 Å². The van der Waals surface area contributed by atoms with Crippen molar-refractivity contribution in [2.75, 3.05) is 10.7 Å². The minimum Gasteiger partial charge on any atom is -0.507 e. The van der Waals surface area contributed by atoms with Gasteiger partial charge in [0, 0.05) is 11.3 Å². The number of rotatable bonds is 7. The van der Waals surface area contributed by atoms with Gasteiger partial charge in [0.05, 0.1) is 6.21 Å². The molecule has 5 rings (SSSR count). The molecule has 12 nitrogen and oxygen atoms in total. The van der Waals surface area contributed by atoms with Crippen molar-refractivity contribution < 1.29 is 28.4 Å². The molecule has 0 aliphatic rings. The van der Waals surface area contributed by atoms with Crippen LogP contribution in [0.1, 0.15) is 16.1 Å². The third-order valence-corrected chi connectivity index (χ3v) is 4.72. The normalized spacial score (nSPS) is 11.2. The summed E-state index contributed by atoms with van der Waals surface area (Å²) in [6, 6.07) is 13.0. The first kappa shape index (κ1) is 21.5. The van der Waals surface area contributed by atoms with Crippen molar-refractivity contribution in [1.29, 1.82) is 0 Å². The molecule has 35 heavy (non-hydrogen) atoms. The molecule has 0 atom stereocenters. The minimum atomic E-state index is -1.26. The number of aromatic nitrogens is 4. The highest BCUT2D eigenvalue weighted by Crippen LogP contribution is 2.28.